The molecule has 0 bridgehead atoms. The van der Waals surface area contributed by atoms with Gasteiger partial charge in [-0.2, -0.15) is 0 Å². The molecule has 27 heavy (non-hydrogen) atoms. The molecule has 2 aromatic rings. The lowest BCUT2D eigenvalue weighted by molar-refractivity contribution is -0.274. The van der Waals surface area contributed by atoms with Gasteiger partial charge in [0.1, 0.15) is 17.6 Å². The van der Waals surface area contributed by atoms with E-state index in [1.165, 1.54) is 24.3 Å². The summed E-state index contributed by atoms with van der Waals surface area (Å²) in [5.74, 6) is 0.211. The van der Waals surface area contributed by atoms with Gasteiger partial charge in [0.2, 0.25) is 5.91 Å². The number of nitrogens with one attached hydrogen (secondary N) is 2. The van der Waals surface area contributed by atoms with Crippen LogP contribution in [0.1, 0.15) is 5.56 Å². The fourth-order valence-electron chi connectivity index (χ4n) is 2.71. The SMILES string of the molecule is O=C(NCc1ccc(OC(F)(F)F)cc1)C1CN(c2cnccn2)CCN1. The third kappa shape index (κ3) is 5.55. The van der Waals surface area contributed by atoms with Crippen LogP contribution in [-0.4, -0.2) is 47.9 Å². The summed E-state index contributed by atoms with van der Waals surface area (Å²) < 4.78 is 40.3. The number of hydrogen-bond donors (Lipinski definition) is 2. The highest BCUT2D eigenvalue weighted by Gasteiger charge is 2.31. The molecule has 0 radical (unpaired) electrons. The minimum absolute atomic E-state index is 0.195. The van der Waals surface area contributed by atoms with Crippen LogP contribution in [0.3, 0.4) is 0 Å². The van der Waals surface area contributed by atoms with Gasteiger partial charge in [0.15, 0.2) is 0 Å². The summed E-state index contributed by atoms with van der Waals surface area (Å²) in [7, 11) is 0. The van der Waals surface area contributed by atoms with Gasteiger partial charge in [0.25, 0.3) is 0 Å². The molecule has 2 heterocycles. The van der Waals surface area contributed by atoms with Crippen molar-refractivity contribution in [2.75, 3.05) is 24.5 Å². The molecule has 0 spiro atoms. The quantitative estimate of drug-likeness (QED) is 0.817. The highest BCUT2D eigenvalue weighted by Crippen LogP contribution is 2.22. The van der Waals surface area contributed by atoms with Crippen LogP contribution < -0.4 is 20.3 Å². The summed E-state index contributed by atoms with van der Waals surface area (Å²) in [5.41, 5.74) is 0.666. The lowest BCUT2D eigenvalue weighted by atomic mass is 10.1. The van der Waals surface area contributed by atoms with E-state index in [2.05, 4.69) is 25.3 Å². The molecule has 1 aliphatic heterocycles. The second kappa shape index (κ2) is 8.21. The Morgan fingerprint density at radius 1 is 1.30 bits per heavy atom. The van der Waals surface area contributed by atoms with E-state index in [1.807, 2.05) is 4.90 Å². The number of aromatic nitrogens is 2. The van der Waals surface area contributed by atoms with Crippen molar-refractivity contribution in [3.05, 3.63) is 48.4 Å². The van der Waals surface area contributed by atoms with E-state index in [1.54, 1.807) is 18.6 Å². The molecule has 144 valence electrons. The monoisotopic (exact) mass is 381 g/mol. The summed E-state index contributed by atoms with van der Waals surface area (Å²) in [6.07, 6.45) is 0.0990. The molecule has 1 atom stereocenters. The van der Waals surface area contributed by atoms with E-state index in [4.69, 9.17) is 0 Å². The first-order chi connectivity index (χ1) is 12.9. The average molecular weight is 381 g/mol. The van der Waals surface area contributed by atoms with Gasteiger partial charge >= 0.3 is 6.36 Å². The lowest BCUT2D eigenvalue weighted by Crippen LogP contribution is -2.57. The topological polar surface area (TPSA) is 79.4 Å². The molecule has 1 fully saturated rings. The third-order valence-corrected chi connectivity index (χ3v) is 3.99. The van der Waals surface area contributed by atoms with Crippen LogP contribution in [0.2, 0.25) is 0 Å². The second-order valence-corrected chi connectivity index (χ2v) is 5.93. The molecule has 1 aromatic carbocycles. The van der Waals surface area contributed by atoms with Gasteiger partial charge in [-0.1, -0.05) is 12.1 Å². The van der Waals surface area contributed by atoms with Crippen molar-refractivity contribution in [3.63, 3.8) is 0 Å². The number of piperazine rings is 1. The summed E-state index contributed by atoms with van der Waals surface area (Å²) in [6.45, 7) is 1.98. The van der Waals surface area contributed by atoms with Gasteiger partial charge in [-0.3, -0.25) is 9.78 Å². The van der Waals surface area contributed by atoms with E-state index < -0.39 is 12.4 Å². The van der Waals surface area contributed by atoms with Crippen molar-refractivity contribution in [3.8, 4) is 5.75 Å². The zero-order valence-electron chi connectivity index (χ0n) is 14.2. The van der Waals surface area contributed by atoms with Crippen LogP contribution in [0, 0.1) is 0 Å². The predicted octanol–water partition coefficient (Wildman–Crippen LogP) is 1.47. The number of carbonyl (C=O) groups is 1. The minimum atomic E-state index is -4.72. The Morgan fingerprint density at radius 2 is 2.07 bits per heavy atom. The predicted molar refractivity (Wildman–Crippen MR) is 91.0 cm³/mol. The Balaban J connectivity index is 1.51. The Kier molecular flexibility index (Phi) is 5.75. The first-order valence-corrected chi connectivity index (χ1v) is 8.27. The van der Waals surface area contributed by atoms with Crippen LogP contribution in [0.25, 0.3) is 0 Å². The average Bonchev–Trinajstić information content (AvgIpc) is 2.67. The number of alkyl halides is 3. The van der Waals surface area contributed by atoms with Crippen LogP contribution >= 0.6 is 0 Å². The van der Waals surface area contributed by atoms with Crippen molar-refractivity contribution < 1.29 is 22.7 Å². The highest BCUT2D eigenvalue weighted by atomic mass is 19.4. The van der Waals surface area contributed by atoms with Crippen molar-refractivity contribution >= 4 is 11.7 Å². The van der Waals surface area contributed by atoms with E-state index in [0.29, 0.717) is 31.0 Å². The Hall–Kier alpha value is -2.88. The molecule has 1 amide bonds. The van der Waals surface area contributed by atoms with Crippen LogP contribution in [0.15, 0.2) is 42.9 Å². The maximum Gasteiger partial charge on any atom is 0.573 e. The minimum Gasteiger partial charge on any atom is -0.406 e. The summed E-state index contributed by atoms with van der Waals surface area (Å²) in [4.78, 5) is 22.6. The number of nitrogens with zero attached hydrogens (tertiary/aromatic N) is 3. The van der Waals surface area contributed by atoms with Crippen LogP contribution in [0.4, 0.5) is 19.0 Å². The lowest BCUT2D eigenvalue weighted by Gasteiger charge is -2.33. The number of anilines is 1. The van der Waals surface area contributed by atoms with E-state index in [-0.39, 0.29) is 18.2 Å². The summed E-state index contributed by atoms with van der Waals surface area (Å²) in [5, 5.41) is 5.92. The molecule has 1 saturated heterocycles. The molecular weight excluding hydrogens is 363 g/mol. The number of hydrogen-bond acceptors (Lipinski definition) is 6. The van der Waals surface area contributed by atoms with Crippen molar-refractivity contribution in [2.45, 2.75) is 18.9 Å². The molecule has 2 N–H and O–H groups in total. The summed E-state index contributed by atoms with van der Waals surface area (Å²) >= 11 is 0. The first-order valence-electron chi connectivity index (χ1n) is 8.27. The Morgan fingerprint density at radius 3 is 2.74 bits per heavy atom. The van der Waals surface area contributed by atoms with Gasteiger partial charge in [-0.05, 0) is 17.7 Å². The first kappa shape index (κ1) is 18.9. The largest absolute Gasteiger partial charge is 0.573 e. The van der Waals surface area contributed by atoms with E-state index >= 15 is 0 Å². The Bertz CT molecular complexity index is 755. The van der Waals surface area contributed by atoms with Gasteiger partial charge in [0, 0.05) is 38.6 Å². The zero-order valence-corrected chi connectivity index (χ0v) is 14.2. The van der Waals surface area contributed by atoms with E-state index in [0.717, 1.165) is 0 Å². The number of benzene rings is 1. The molecule has 1 aromatic heterocycles. The standard InChI is InChI=1S/C17H18F3N5O2/c18-17(19,20)27-13-3-1-12(2-4-13)9-24-16(26)14-11-25(8-7-22-14)15-10-21-5-6-23-15/h1-6,10,14,22H,7-9,11H2,(H,24,26). The molecule has 3 rings (SSSR count). The third-order valence-electron chi connectivity index (χ3n) is 3.99. The number of halogens is 3. The molecule has 1 unspecified atom stereocenters. The van der Waals surface area contributed by atoms with E-state index in [9.17, 15) is 18.0 Å². The molecule has 7 nitrogen and oxygen atoms in total. The Labute approximate surface area is 153 Å². The number of amides is 1. The molecule has 0 aliphatic carbocycles. The van der Waals surface area contributed by atoms with Crippen LogP contribution in [-0.2, 0) is 11.3 Å². The van der Waals surface area contributed by atoms with Crippen molar-refractivity contribution in [2.24, 2.45) is 0 Å². The fraction of sp³-hybridized carbons (Fsp3) is 0.353. The van der Waals surface area contributed by atoms with Gasteiger partial charge in [-0.25, -0.2) is 4.98 Å². The molecule has 1 aliphatic rings. The molecular formula is C17H18F3N5O2. The van der Waals surface area contributed by atoms with Gasteiger partial charge in [0.05, 0.1) is 6.20 Å². The van der Waals surface area contributed by atoms with Gasteiger partial charge in [-0.15, -0.1) is 13.2 Å². The van der Waals surface area contributed by atoms with Crippen molar-refractivity contribution in [1.82, 2.24) is 20.6 Å². The van der Waals surface area contributed by atoms with Crippen molar-refractivity contribution in [1.29, 1.82) is 0 Å². The molecule has 0 saturated carbocycles. The molecule has 10 heteroatoms. The highest BCUT2D eigenvalue weighted by molar-refractivity contribution is 5.82. The fourth-order valence-corrected chi connectivity index (χ4v) is 2.71. The van der Waals surface area contributed by atoms with Gasteiger partial charge < -0.3 is 20.3 Å². The smallest absolute Gasteiger partial charge is 0.406 e. The summed E-state index contributed by atoms with van der Waals surface area (Å²) in [6, 6.07) is 4.95. The van der Waals surface area contributed by atoms with Crippen LogP contribution in [0.5, 0.6) is 5.75 Å². The maximum absolute atomic E-state index is 12.4. The maximum atomic E-state index is 12.4. The second-order valence-electron chi connectivity index (χ2n) is 5.93. The zero-order chi connectivity index (χ0) is 19.3. The normalized spacial score (nSPS) is 17.4. The number of rotatable bonds is 5. The number of ether oxygens (including phenoxy) is 1. The number of carbonyl (C=O) groups excluding carboxylic acids is 1.